The average Bonchev–Trinajstić information content (AvgIpc) is 2.93. The van der Waals surface area contributed by atoms with E-state index >= 15 is 0 Å². The number of hydrogen-bond donors (Lipinski definition) is 2. The number of carbonyl (C=O) groups is 1. The molecule has 2 heterocycles. The Morgan fingerprint density at radius 2 is 2.18 bits per heavy atom. The van der Waals surface area contributed by atoms with Gasteiger partial charge < -0.3 is 11.1 Å². The molecular formula is C14H26Cl2N4OS. The van der Waals surface area contributed by atoms with Gasteiger partial charge in [0.15, 0.2) is 5.13 Å². The highest BCUT2D eigenvalue weighted by atomic mass is 35.5. The van der Waals surface area contributed by atoms with E-state index in [9.17, 15) is 4.79 Å². The number of likely N-dealkylation sites (tertiary alicyclic amines) is 1. The van der Waals surface area contributed by atoms with Crippen molar-refractivity contribution in [3.63, 3.8) is 0 Å². The van der Waals surface area contributed by atoms with Crippen LogP contribution >= 0.6 is 36.2 Å². The topological polar surface area (TPSA) is 71.2 Å². The second-order valence-corrected chi connectivity index (χ2v) is 7.10. The maximum absolute atomic E-state index is 12.1. The zero-order chi connectivity index (χ0) is 14.8. The number of aromatic nitrogens is 1. The van der Waals surface area contributed by atoms with Crippen LogP contribution in [0.2, 0.25) is 0 Å². The van der Waals surface area contributed by atoms with E-state index in [4.69, 9.17) is 5.73 Å². The van der Waals surface area contributed by atoms with Crippen LogP contribution in [0.15, 0.2) is 0 Å². The van der Waals surface area contributed by atoms with Crippen molar-refractivity contribution in [2.45, 2.75) is 33.6 Å². The Morgan fingerprint density at radius 3 is 2.68 bits per heavy atom. The van der Waals surface area contributed by atoms with Gasteiger partial charge in [0.1, 0.15) is 0 Å². The van der Waals surface area contributed by atoms with E-state index in [0.29, 0.717) is 18.2 Å². The van der Waals surface area contributed by atoms with E-state index in [1.165, 1.54) is 4.88 Å². The van der Waals surface area contributed by atoms with E-state index in [-0.39, 0.29) is 36.1 Å². The maximum atomic E-state index is 12.1. The van der Waals surface area contributed by atoms with Crippen LogP contribution in [-0.2, 0) is 11.2 Å². The number of anilines is 1. The van der Waals surface area contributed by atoms with Gasteiger partial charge in [-0.25, -0.2) is 4.98 Å². The van der Waals surface area contributed by atoms with E-state index < -0.39 is 0 Å². The first-order chi connectivity index (χ1) is 9.45. The van der Waals surface area contributed by atoms with Crippen LogP contribution in [-0.4, -0.2) is 42.0 Å². The smallest absolute Gasteiger partial charge is 0.240 e. The molecule has 3 N–H and O–H groups in total. The number of nitrogens with two attached hydrogens (primary N) is 1. The van der Waals surface area contributed by atoms with Crippen LogP contribution in [0.5, 0.6) is 0 Å². The van der Waals surface area contributed by atoms with Crippen molar-refractivity contribution in [1.29, 1.82) is 0 Å². The molecule has 1 atom stereocenters. The van der Waals surface area contributed by atoms with Crippen molar-refractivity contribution < 1.29 is 4.79 Å². The Kier molecular flexibility index (Phi) is 8.87. The molecule has 0 saturated carbocycles. The van der Waals surface area contributed by atoms with Crippen LogP contribution < -0.4 is 11.1 Å². The summed E-state index contributed by atoms with van der Waals surface area (Å²) in [6.07, 6.45) is 1.96. The number of nitrogens with one attached hydrogen (secondary N) is 1. The largest absolute Gasteiger partial charge is 0.330 e. The van der Waals surface area contributed by atoms with Crippen molar-refractivity contribution >= 4 is 47.2 Å². The molecule has 0 aromatic carbocycles. The van der Waals surface area contributed by atoms with E-state index in [1.54, 1.807) is 11.3 Å². The molecule has 128 valence electrons. The highest BCUT2D eigenvalue weighted by Gasteiger charge is 2.33. The molecule has 1 unspecified atom stereocenters. The first kappa shape index (κ1) is 21.6. The Morgan fingerprint density at radius 1 is 1.50 bits per heavy atom. The number of thiazole rings is 1. The highest BCUT2D eigenvalue weighted by molar-refractivity contribution is 7.15. The number of nitrogens with zero attached hydrogens (tertiary/aromatic N) is 2. The standard InChI is InChI=1S/C14H24N4OS.2ClH/c1-4-11-10(2)20-13(16-11)17-12(19)7-18-6-5-14(3,8-15)9-18;;/h4-9,15H2,1-3H3,(H,16,17,19);2*1H. The van der Waals surface area contributed by atoms with Crippen LogP contribution in [0.3, 0.4) is 0 Å². The Hall–Kier alpha value is -0.400. The summed E-state index contributed by atoms with van der Waals surface area (Å²) < 4.78 is 0. The molecule has 8 heteroatoms. The van der Waals surface area contributed by atoms with Gasteiger partial charge in [0.25, 0.3) is 0 Å². The third-order valence-corrected chi connectivity index (χ3v) is 4.90. The molecule has 1 aromatic heterocycles. The summed E-state index contributed by atoms with van der Waals surface area (Å²) in [4.78, 5) is 19.8. The molecule has 1 fully saturated rings. The minimum absolute atomic E-state index is 0. The third-order valence-electron chi connectivity index (χ3n) is 3.97. The lowest BCUT2D eigenvalue weighted by Gasteiger charge is -2.22. The van der Waals surface area contributed by atoms with Crippen molar-refractivity contribution in [3.8, 4) is 0 Å². The minimum Gasteiger partial charge on any atom is -0.330 e. The number of rotatable bonds is 5. The summed E-state index contributed by atoms with van der Waals surface area (Å²) >= 11 is 1.55. The summed E-state index contributed by atoms with van der Waals surface area (Å²) in [5.74, 6) is 0.0164. The number of carbonyl (C=O) groups excluding carboxylic acids is 1. The fourth-order valence-electron chi connectivity index (χ4n) is 2.60. The summed E-state index contributed by atoms with van der Waals surface area (Å²) in [5, 5.41) is 3.62. The van der Waals surface area contributed by atoms with Crippen LogP contribution in [0.25, 0.3) is 0 Å². The van der Waals surface area contributed by atoms with Crippen LogP contribution in [0, 0.1) is 12.3 Å². The molecule has 0 spiro atoms. The summed E-state index contributed by atoms with van der Waals surface area (Å²) in [6.45, 7) is 9.24. The molecule has 1 aromatic rings. The maximum Gasteiger partial charge on any atom is 0.240 e. The molecule has 22 heavy (non-hydrogen) atoms. The zero-order valence-corrected chi connectivity index (χ0v) is 15.8. The minimum atomic E-state index is 0. The molecule has 0 aliphatic carbocycles. The Labute approximate surface area is 148 Å². The first-order valence-corrected chi connectivity index (χ1v) is 7.96. The molecule has 5 nitrogen and oxygen atoms in total. The molecular weight excluding hydrogens is 343 g/mol. The lowest BCUT2D eigenvalue weighted by molar-refractivity contribution is -0.117. The van der Waals surface area contributed by atoms with Gasteiger partial charge in [-0.15, -0.1) is 36.2 Å². The lowest BCUT2D eigenvalue weighted by atomic mass is 9.90. The number of amides is 1. The van der Waals surface area contributed by atoms with Gasteiger partial charge in [-0.1, -0.05) is 13.8 Å². The molecule has 1 aliphatic rings. The van der Waals surface area contributed by atoms with E-state index in [2.05, 4.69) is 29.0 Å². The fraction of sp³-hybridized carbons (Fsp3) is 0.714. The van der Waals surface area contributed by atoms with Crippen molar-refractivity contribution in [2.24, 2.45) is 11.1 Å². The third kappa shape index (κ3) is 5.35. The predicted molar refractivity (Wildman–Crippen MR) is 97.6 cm³/mol. The summed E-state index contributed by atoms with van der Waals surface area (Å²) in [7, 11) is 0. The number of aryl methyl sites for hydroxylation is 2. The monoisotopic (exact) mass is 368 g/mol. The quantitative estimate of drug-likeness (QED) is 0.837. The van der Waals surface area contributed by atoms with Crippen LogP contribution in [0.4, 0.5) is 5.13 Å². The Bertz CT molecular complexity index is 497. The SMILES string of the molecule is CCc1nc(NC(=O)CN2CCC(C)(CN)C2)sc1C.Cl.Cl. The predicted octanol–water partition coefficient (Wildman–Crippen LogP) is 2.47. The molecule has 0 bridgehead atoms. The molecule has 1 saturated heterocycles. The molecule has 2 rings (SSSR count). The van der Waals surface area contributed by atoms with Gasteiger partial charge in [-0.05, 0) is 38.3 Å². The second kappa shape index (κ2) is 9.03. The lowest BCUT2D eigenvalue weighted by Crippen LogP contribution is -2.35. The van der Waals surface area contributed by atoms with Crippen molar-refractivity contribution in [2.75, 3.05) is 31.5 Å². The first-order valence-electron chi connectivity index (χ1n) is 7.14. The normalized spacial score (nSPS) is 21.1. The van der Waals surface area contributed by atoms with Crippen molar-refractivity contribution in [1.82, 2.24) is 9.88 Å². The summed E-state index contributed by atoms with van der Waals surface area (Å²) in [5.41, 5.74) is 7.02. The van der Waals surface area contributed by atoms with Gasteiger partial charge in [0.2, 0.25) is 5.91 Å². The second-order valence-electron chi connectivity index (χ2n) is 5.90. The zero-order valence-electron chi connectivity index (χ0n) is 13.3. The van der Waals surface area contributed by atoms with Gasteiger partial charge in [-0.3, -0.25) is 9.69 Å². The van der Waals surface area contributed by atoms with Crippen LogP contribution in [0.1, 0.15) is 30.8 Å². The number of hydrogen-bond acceptors (Lipinski definition) is 5. The summed E-state index contributed by atoms with van der Waals surface area (Å²) in [6, 6.07) is 0. The van der Waals surface area contributed by atoms with Crippen molar-refractivity contribution in [3.05, 3.63) is 10.6 Å². The van der Waals surface area contributed by atoms with E-state index in [0.717, 1.165) is 31.6 Å². The van der Waals surface area contributed by atoms with Gasteiger partial charge in [0.05, 0.1) is 12.2 Å². The molecule has 1 amide bonds. The average molecular weight is 369 g/mol. The van der Waals surface area contributed by atoms with Gasteiger partial charge in [-0.2, -0.15) is 0 Å². The molecule has 0 radical (unpaired) electrons. The molecule has 1 aliphatic heterocycles. The van der Waals surface area contributed by atoms with E-state index in [1.807, 2.05) is 6.92 Å². The Balaban J connectivity index is 0.00000220. The van der Waals surface area contributed by atoms with Gasteiger partial charge in [0, 0.05) is 11.4 Å². The van der Waals surface area contributed by atoms with Gasteiger partial charge >= 0.3 is 0 Å². The highest BCUT2D eigenvalue weighted by Crippen LogP contribution is 2.28. The fourth-order valence-corrected chi connectivity index (χ4v) is 3.52. The number of halogens is 2.